The minimum Gasteiger partial charge on any atom is -0.297 e. The van der Waals surface area contributed by atoms with Crippen molar-refractivity contribution in [2.45, 2.75) is 28.8 Å². The van der Waals surface area contributed by atoms with Gasteiger partial charge in [0.25, 0.3) is 0 Å². The van der Waals surface area contributed by atoms with Crippen LogP contribution in [0.4, 0.5) is 0 Å². The Morgan fingerprint density at radius 1 is 0.800 bits per heavy atom. The highest BCUT2D eigenvalue weighted by atomic mass is 35.5. The van der Waals surface area contributed by atoms with Gasteiger partial charge in [-0.1, -0.05) is 71.4 Å². The number of halogens is 2. The molecule has 1 saturated heterocycles. The standard InChI is InChI=1S/C25H24Cl2N2S/c26-20-7-9-24-19(14-20)15-23(22-8-6-21(27)16-25(22)30-24)29-12-10-28(11-13-29)17-18-4-2-1-3-5-18/h1-9,14,16,23H,10-13,15,17H2/t23-/m1/s1. The zero-order chi connectivity index (χ0) is 20.5. The van der Waals surface area contributed by atoms with Crippen LogP contribution in [0.15, 0.2) is 76.5 Å². The minimum absolute atomic E-state index is 0.350. The molecule has 0 spiro atoms. The Morgan fingerprint density at radius 3 is 2.33 bits per heavy atom. The molecule has 0 aromatic heterocycles. The number of nitrogens with zero attached hydrogens (tertiary/aromatic N) is 2. The maximum absolute atomic E-state index is 6.36. The Balaban J connectivity index is 1.38. The summed E-state index contributed by atoms with van der Waals surface area (Å²) in [7, 11) is 0. The number of hydrogen-bond donors (Lipinski definition) is 0. The SMILES string of the molecule is Clc1ccc2c(c1)C[C@@H](N1CCN(Cc3ccccc3)CC1)c1ccc(Cl)cc1S2. The largest absolute Gasteiger partial charge is 0.297 e. The third kappa shape index (κ3) is 4.42. The number of rotatable bonds is 3. The fraction of sp³-hybridized carbons (Fsp3) is 0.280. The molecule has 154 valence electrons. The van der Waals surface area contributed by atoms with Crippen molar-refractivity contribution in [2.24, 2.45) is 0 Å². The van der Waals surface area contributed by atoms with Crippen LogP contribution in [0.1, 0.15) is 22.7 Å². The van der Waals surface area contributed by atoms with E-state index in [0.29, 0.717) is 6.04 Å². The van der Waals surface area contributed by atoms with Gasteiger partial charge in [-0.3, -0.25) is 9.80 Å². The summed E-state index contributed by atoms with van der Waals surface area (Å²) in [6, 6.07) is 23.8. The van der Waals surface area contributed by atoms with Gasteiger partial charge < -0.3 is 0 Å². The molecule has 2 aliphatic heterocycles. The van der Waals surface area contributed by atoms with Gasteiger partial charge in [-0.05, 0) is 53.4 Å². The van der Waals surface area contributed by atoms with E-state index in [2.05, 4.69) is 64.4 Å². The van der Waals surface area contributed by atoms with Crippen LogP contribution in [0.5, 0.6) is 0 Å². The van der Waals surface area contributed by atoms with Crippen LogP contribution in [-0.4, -0.2) is 36.0 Å². The molecule has 2 aliphatic rings. The van der Waals surface area contributed by atoms with E-state index in [4.69, 9.17) is 23.2 Å². The average molecular weight is 455 g/mol. The first-order valence-electron chi connectivity index (χ1n) is 10.4. The van der Waals surface area contributed by atoms with E-state index < -0.39 is 0 Å². The van der Waals surface area contributed by atoms with Crippen molar-refractivity contribution < 1.29 is 0 Å². The van der Waals surface area contributed by atoms with Gasteiger partial charge >= 0.3 is 0 Å². The summed E-state index contributed by atoms with van der Waals surface area (Å²) in [6.45, 7) is 5.34. The summed E-state index contributed by atoms with van der Waals surface area (Å²) >= 11 is 14.5. The molecule has 0 aliphatic carbocycles. The van der Waals surface area contributed by atoms with Gasteiger partial charge in [0.15, 0.2) is 0 Å². The lowest BCUT2D eigenvalue weighted by Gasteiger charge is -2.39. The predicted molar refractivity (Wildman–Crippen MR) is 127 cm³/mol. The van der Waals surface area contributed by atoms with Crippen molar-refractivity contribution in [3.63, 3.8) is 0 Å². The Kier molecular flexibility index (Phi) is 6.08. The van der Waals surface area contributed by atoms with Gasteiger partial charge in [0.05, 0.1) is 0 Å². The van der Waals surface area contributed by atoms with Crippen molar-refractivity contribution in [2.75, 3.05) is 26.2 Å². The van der Waals surface area contributed by atoms with E-state index in [1.54, 1.807) is 0 Å². The van der Waals surface area contributed by atoms with Gasteiger partial charge in [-0.2, -0.15) is 0 Å². The molecule has 2 nitrogen and oxygen atoms in total. The third-order valence-corrected chi connectivity index (χ3v) is 7.75. The zero-order valence-corrected chi connectivity index (χ0v) is 19.1. The molecular weight excluding hydrogens is 431 g/mol. The molecule has 0 bridgehead atoms. The molecule has 5 rings (SSSR count). The third-order valence-electron chi connectivity index (χ3n) is 6.09. The Labute approximate surface area is 192 Å². The number of benzene rings is 3. The van der Waals surface area contributed by atoms with Crippen molar-refractivity contribution in [3.05, 3.63) is 93.5 Å². The summed E-state index contributed by atoms with van der Waals surface area (Å²) in [5, 5.41) is 1.61. The van der Waals surface area contributed by atoms with Crippen LogP contribution in [0.3, 0.4) is 0 Å². The second kappa shape index (κ2) is 8.94. The molecule has 1 atom stereocenters. The van der Waals surface area contributed by atoms with E-state index in [9.17, 15) is 0 Å². The van der Waals surface area contributed by atoms with E-state index in [-0.39, 0.29) is 0 Å². The predicted octanol–water partition coefficient (Wildman–Crippen LogP) is 6.56. The quantitative estimate of drug-likeness (QED) is 0.442. The van der Waals surface area contributed by atoms with Crippen molar-refractivity contribution >= 4 is 35.0 Å². The molecule has 0 N–H and O–H groups in total. The lowest BCUT2D eigenvalue weighted by Crippen LogP contribution is -2.47. The van der Waals surface area contributed by atoms with Gasteiger partial charge in [-0.25, -0.2) is 0 Å². The van der Waals surface area contributed by atoms with Crippen LogP contribution in [0.25, 0.3) is 0 Å². The van der Waals surface area contributed by atoms with E-state index in [1.165, 1.54) is 26.5 Å². The summed E-state index contributed by atoms with van der Waals surface area (Å²) in [4.78, 5) is 7.75. The minimum atomic E-state index is 0.350. The normalized spacial score (nSPS) is 19.7. The Bertz CT molecular complexity index is 1030. The topological polar surface area (TPSA) is 6.48 Å². The van der Waals surface area contributed by atoms with E-state index >= 15 is 0 Å². The van der Waals surface area contributed by atoms with Gasteiger partial charge in [0.1, 0.15) is 0 Å². The van der Waals surface area contributed by atoms with Gasteiger partial charge in [0.2, 0.25) is 0 Å². The molecule has 0 radical (unpaired) electrons. The van der Waals surface area contributed by atoms with Crippen LogP contribution in [0, 0.1) is 0 Å². The molecular formula is C25H24Cl2N2S. The highest BCUT2D eigenvalue weighted by Gasteiger charge is 2.30. The maximum atomic E-state index is 6.36. The fourth-order valence-corrected chi connectivity index (χ4v) is 6.10. The first kappa shape index (κ1) is 20.4. The molecule has 3 aromatic carbocycles. The Hall–Kier alpha value is -1.49. The molecule has 3 aromatic rings. The lowest BCUT2D eigenvalue weighted by molar-refractivity contribution is 0.0902. The van der Waals surface area contributed by atoms with Gasteiger partial charge in [0, 0.05) is 58.6 Å². The van der Waals surface area contributed by atoms with Gasteiger partial charge in [-0.15, -0.1) is 0 Å². The van der Waals surface area contributed by atoms with E-state index in [0.717, 1.165) is 49.2 Å². The fourth-order valence-electron chi connectivity index (χ4n) is 4.52. The zero-order valence-electron chi connectivity index (χ0n) is 16.7. The molecule has 30 heavy (non-hydrogen) atoms. The highest BCUT2D eigenvalue weighted by Crippen LogP contribution is 2.44. The van der Waals surface area contributed by atoms with Crippen molar-refractivity contribution in [3.8, 4) is 0 Å². The van der Waals surface area contributed by atoms with Crippen molar-refractivity contribution in [1.82, 2.24) is 9.80 Å². The van der Waals surface area contributed by atoms with E-state index in [1.807, 2.05) is 23.9 Å². The number of fused-ring (bicyclic) bond motifs is 2. The molecule has 2 heterocycles. The molecule has 0 unspecified atom stereocenters. The summed E-state index contributed by atoms with van der Waals surface area (Å²) in [5.74, 6) is 0. The molecule has 0 saturated carbocycles. The first-order chi connectivity index (χ1) is 14.7. The Morgan fingerprint density at radius 2 is 1.53 bits per heavy atom. The number of hydrogen-bond acceptors (Lipinski definition) is 3. The van der Waals surface area contributed by atoms with Crippen LogP contribution < -0.4 is 0 Å². The lowest BCUT2D eigenvalue weighted by atomic mass is 9.96. The molecule has 0 amide bonds. The maximum Gasteiger partial charge on any atom is 0.0417 e. The summed E-state index contributed by atoms with van der Waals surface area (Å²) < 4.78 is 0. The second-order valence-corrected chi connectivity index (χ2v) is 10.0. The van der Waals surface area contributed by atoms with Crippen LogP contribution >= 0.6 is 35.0 Å². The monoisotopic (exact) mass is 454 g/mol. The number of piperazine rings is 1. The van der Waals surface area contributed by atoms with Crippen molar-refractivity contribution in [1.29, 1.82) is 0 Å². The first-order valence-corrected chi connectivity index (χ1v) is 12.0. The summed E-state index contributed by atoms with van der Waals surface area (Å²) in [5.41, 5.74) is 4.10. The van der Waals surface area contributed by atoms with Crippen LogP contribution in [-0.2, 0) is 13.0 Å². The summed E-state index contributed by atoms with van der Waals surface area (Å²) in [6.07, 6.45) is 0.982. The highest BCUT2D eigenvalue weighted by molar-refractivity contribution is 7.99. The average Bonchev–Trinajstić information content (AvgIpc) is 2.91. The van der Waals surface area contributed by atoms with Crippen LogP contribution in [0.2, 0.25) is 10.0 Å². The molecule has 5 heteroatoms. The second-order valence-electron chi connectivity index (χ2n) is 8.05. The smallest absolute Gasteiger partial charge is 0.0417 e. The molecule has 1 fully saturated rings.